The first kappa shape index (κ1) is 28.2. The SMILES string of the molecule is CC.Cc1ncsc1-c1ccc(CNC(=O)C2CCCN2C(=O)C(C(C)C)C2(C(F)(F)F)CC2)cc1. The van der Waals surface area contributed by atoms with Crippen molar-refractivity contribution in [2.45, 2.75) is 79.1 Å². The monoisotopic (exact) mass is 523 g/mol. The van der Waals surface area contributed by atoms with Crippen LogP contribution in [-0.2, 0) is 16.1 Å². The van der Waals surface area contributed by atoms with E-state index >= 15 is 0 Å². The highest BCUT2D eigenvalue weighted by atomic mass is 32.1. The Labute approximate surface area is 215 Å². The number of carbonyl (C=O) groups is 2. The maximum Gasteiger partial charge on any atom is 0.395 e. The zero-order valence-electron chi connectivity index (χ0n) is 21.6. The van der Waals surface area contributed by atoms with Gasteiger partial charge in [-0.2, -0.15) is 13.2 Å². The van der Waals surface area contributed by atoms with Crippen LogP contribution in [0.2, 0.25) is 0 Å². The maximum absolute atomic E-state index is 13.8. The second-order valence-electron chi connectivity index (χ2n) is 9.75. The summed E-state index contributed by atoms with van der Waals surface area (Å²) in [6, 6.07) is 7.10. The van der Waals surface area contributed by atoms with Crippen molar-refractivity contribution in [3.05, 3.63) is 41.0 Å². The summed E-state index contributed by atoms with van der Waals surface area (Å²) in [4.78, 5) is 33.0. The van der Waals surface area contributed by atoms with Gasteiger partial charge in [-0.25, -0.2) is 4.98 Å². The molecule has 0 radical (unpaired) electrons. The minimum absolute atomic E-state index is 0.0210. The van der Waals surface area contributed by atoms with Crippen LogP contribution in [0.5, 0.6) is 0 Å². The number of thiazole rings is 1. The molecule has 9 heteroatoms. The van der Waals surface area contributed by atoms with Crippen LogP contribution in [-0.4, -0.2) is 40.5 Å². The van der Waals surface area contributed by atoms with Crippen LogP contribution < -0.4 is 5.32 Å². The van der Waals surface area contributed by atoms with E-state index in [9.17, 15) is 22.8 Å². The lowest BCUT2D eigenvalue weighted by molar-refractivity contribution is -0.211. The highest BCUT2D eigenvalue weighted by Crippen LogP contribution is 2.64. The number of nitrogens with zero attached hydrogens (tertiary/aromatic N) is 2. The van der Waals surface area contributed by atoms with Gasteiger partial charge in [0, 0.05) is 13.1 Å². The van der Waals surface area contributed by atoms with E-state index in [2.05, 4.69) is 10.3 Å². The van der Waals surface area contributed by atoms with Gasteiger partial charge in [-0.05, 0) is 49.7 Å². The molecule has 1 aliphatic heterocycles. The van der Waals surface area contributed by atoms with Crippen LogP contribution in [0.25, 0.3) is 10.4 Å². The molecule has 2 atom stereocenters. The number of nitrogens with one attached hydrogen (secondary N) is 1. The van der Waals surface area contributed by atoms with Crippen LogP contribution in [0.4, 0.5) is 13.2 Å². The number of benzene rings is 1. The standard InChI is InChI=1S/C25H30F3N3O2S.C2H6/c1-15(2)20(24(10-11-24)25(26,27)28)23(33)31-12-4-5-19(31)22(32)29-13-17-6-8-18(9-7-17)21-16(3)30-14-34-21;1-2/h6-9,14-15,19-20H,4-5,10-13H2,1-3H3,(H,29,32);1-2H3. The Morgan fingerprint density at radius 1 is 1.19 bits per heavy atom. The van der Waals surface area contributed by atoms with Crippen molar-refractivity contribution in [1.82, 2.24) is 15.2 Å². The molecule has 1 saturated carbocycles. The number of likely N-dealkylation sites (tertiary alicyclic amines) is 1. The van der Waals surface area contributed by atoms with E-state index in [4.69, 9.17) is 0 Å². The fraction of sp³-hybridized carbons (Fsp3) is 0.593. The zero-order chi connectivity index (χ0) is 26.7. The molecule has 1 N–H and O–H groups in total. The van der Waals surface area contributed by atoms with E-state index in [1.807, 2.05) is 45.0 Å². The number of halogens is 3. The summed E-state index contributed by atoms with van der Waals surface area (Å²) in [5.41, 5.74) is 2.79. The molecule has 1 aliphatic carbocycles. The Morgan fingerprint density at radius 3 is 2.33 bits per heavy atom. The molecule has 1 aromatic heterocycles. The van der Waals surface area contributed by atoms with Crippen LogP contribution >= 0.6 is 11.3 Å². The second-order valence-corrected chi connectivity index (χ2v) is 10.6. The summed E-state index contributed by atoms with van der Waals surface area (Å²) in [6.45, 7) is 9.89. The van der Waals surface area contributed by atoms with Gasteiger partial charge in [0.1, 0.15) is 6.04 Å². The number of aromatic nitrogens is 1. The number of aryl methyl sites for hydroxylation is 1. The lowest BCUT2D eigenvalue weighted by Gasteiger charge is -2.35. The predicted molar refractivity (Wildman–Crippen MR) is 136 cm³/mol. The van der Waals surface area contributed by atoms with Crippen LogP contribution in [0.1, 0.15) is 64.6 Å². The molecule has 5 nitrogen and oxygen atoms in total. The van der Waals surface area contributed by atoms with Crippen LogP contribution in [0.15, 0.2) is 29.8 Å². The first-order valence-corrected chi connectivity index (χ1v) is 13.6. The summed E-state index contributed by atoms with van der Waals surface area (Å²) in [5.74, 6) is -2.45. The largest absolute Gasteiger partial charge is 0.395 e. The Bertz CT molecular complexity index is 1050. The van der Waals surface area contributed by atoms with Crippen molar-refractivity contribution in [1.29, 1.82) is 0 Å². The van der Waals surface area contributed by atoms with E-state index in [1.54, 1.807) is 30.7 Å². The molecule has 2 unspecified atom stereocenters. The van der Waals surface area contributed by atoms with Crippen molar-refractivity contribution in [2.75, 3.05) is 6.54 Å². The third-order valence-electron chi connectivity index (χ3n) is 7.15. The van der Waals surface area contributed by atoms with Gasteiger partial charge in [0.2, 0.25) is 11.8 Å². The average Bonchev–Trinajstić information content (AvgIpc) is 3.29. The van der Waals surface area contributed by atoms with E-state index in [0.29, 0.717) is 25.9 Å². The summed E-state index contributed by atoms with van der Waals surface area (Å²) >= 11 is 1.57. The second kappa shape index (κ2) is 11.3. The highest BCUT2D eigenvalue weighted by Gasteiger charge is 2.69. The van der Waals surface area contributed by atoms with Gasteiger partial charge in [-0.1, -0.05) is 52.0 Å². The quantitative estimate of drug-likeness (QED) is 0.459. The summed E-state index contributed by atoms with van der Waals surface area (Å²) in [5, 5.41) is 2.88. The average molecular weight is 524 g/mol. The number of hydrogen-bond acceptors (Lipinski definition) is 4. The topological polar surface area (TPSA) is 62.3 Å². The van der Waals surface area contributed by atoms with Gasteiger partial charge in [0.25, 0.3) is 0 Å². The maximum atomic E-state index is 13.8. The van der Waals surface area contributed by atoms with Gasteiger partial charge >= 0.3 is 6.18 Å². The molecule has 2 aliphatic rings. The molecule has 1 saturated heterocycles. The number of alkyl halides is 3. The van der Waals surface area contributed by atoms with E-state index in [0.717, 1.165) is 21.7 Å². The predicted octanol–water partition coefficient (Wildman–Crippen LogP) is 6.37. The molecule has 1 aromatic carbocycles. The van der Waals surface area contributed by atoms with Gasteiger partial charge in [-0.15, -0.1) is 11.3 Å². The van der Waals surface area contributed by atoms with E-state index < -0.39 is 35.4 Å². The first-order chi connectivity index (χ1) is 17.0. The molecule has 2 aromatic rings. The minimum Gasteiger partial charge on any atom is -0.350 e. The molecule has 2 fully saturated rings. The Kier molecular flexibility index (Phi) is 8.85. The van der Waals surface area contributed by atoms with E-state index in [1.165, 1.54) is 4.90 Å². The number of rotatable bonds is 7. The van der Waals surface area contributed by atoms with Gasteiger partial charge < -0.3 is 10.2 Å². The first-order valence-electron chi connectivity index (χ1n) is 12.7. The molecular weight excluding hydrogens is 487 g/mol. The van der Waals surface area contributed by atoms with Crippen molar-refractivity contribution in [2.24, 2.45) is 17.3 Å². The fourth-order valence-electron chi connectivity index (χ4n) is 5.21. The summed E-state index contributed by atoms with van der Waals surface area (Å²) in [6.07, 6.45) is -3.39. The molecule has 0 bridgehead atoms. The highest BCUT2D eigenvalue weighted by molar-refractivity contribution is 7.13. The van der Waals surface area contributed by atoms with Gasteiger partial charge in [0.05, 0.1) is 27.4 Å². The Balaban J connectivity index is 0.00000176. The van der Waals surface area contributed by atoms with Crippen molar-refractivity contribution in [3.63, 3.8) is 0 Å². The van der Waals surface area contributed by atoms with Crippen LogP contribution in [0, 0.1) is 24.2 Å². The fourth-order valence-corrected chi connectivity index (χ4v) is 6.02. The summed E-state index contributed by atoms with van der Waals surface area (Å²) in [7, 11) is 0. The van der Waals surface area contributed by atoms with Crippen molar-refractivity contribution in [3.8, 4) is 10.4 Å². The number of amides is 2. The smallest absolute Gasteiger partial charge is 0.350 e. The molecule has 2 heterocycles. The van der Waals surface area contributed by atoms with Crippen molar-refractivity contribution >= 4 is 23.2 Å². The minimum atomic E-state index is -4.42. The molecule has 198 valence electrons. The van der Waals surface area contributed by atoms with Crippen molar-refractivity contribution < 1.29 is 22.8 Å². The number of carbonyl (C=O) groups excluding carboxylic acids is 2. The Morgan fingerprint density at radius 2 is 1.83 bits per heavy atom. The molecular formula is C27H36F3N3O2S. The van der Waals surface area contributed by atoms with Gasteiger partial charge in [0.15, 0.2) is 0 Å². The third-order valence-corrected chi connectivity index (χ3v) is 8.13. The normalized spacial score (nSPS) is 19.5. The summed E-state index contributed by atoms with van der Waals surface area (Å²) < 4.78 is 41.4. The molecule has 36 heavy (non-hydrogen) atoms. The zero-order valence-corrected chi connectivity index (χ0v) is 22.4. The lowest BCUT2D eigenvalue weighted by Crippen LogP contribution is -2.52. The molecule has 0 spiro atoms. The van der Waals surface area contributed by atoms with Gasteiger partial charge in [-0.3, -0.25) is 9.59 Å². The number of hydrogen-bond donors (Lipinski definition) is 1. The molecule has 4 rings (SSSR count). The van der Waals surface area contributed by atoms with Crippen LogP contribution in [0.3, 0.4) is 0 Å². The third kappa shape index (κ3) is 5.61. The lowest BCUT2D eigenvalue weighted by atomic mass is 9.78. The Hall–Kier alpha value is -2.42. The molecule has 2 amide bonds. The van der Waals surface area contributed by atoms with E-state index in [-0.39, 0.29) is 18.7 Å².